The molecule has 28 heavy (non-hydrogen) atoms. The van der Waals surface area contributed by atoms with E-state index in [0.717, 1.165) is 12.1 Å². The fourth-order valence-electron chi connectivity index (χ4n) is 2.85. The van der Waals surface area contributed by atoms with Gasteiger partial charge in [-0.3, -0.25) is 9.59 Å². The first-order valence-electron chi connectivity index (χ1n) is 8.96. The summed E-state index contributed by atoms with van der Waals surface area (Å²) in [6.45, 7) is 1.74. The number of carbonyl (C=O) groups excluding carboxylic acids is 3. The summed E-state index contributed by atoms with van der Waals surface area (Å²) in [5.41, 5.74) is 1.13. The number of ether oxygens (including phenoxy) is 2. The van der Waals surface area contributed by atoms with Crippen molar-refractivity contribution in [2.45, 2.75) is 25.9 Å². The van der Waals surface area contributed by atoms with E-state index in [-0.39, 0.29) is 11.7 Å². The molecule has 2 aromatic rings. The van der Waals surface area contributed by atoms with Gasteiger partial charge in [0.1, 0.15) is 11.6 Å². The lowest BCUT2D eigenvalue weighted by molar-refractivity contribution is -0.149. The Morgan fingerprint density at radius 3 is 2.39 bits per heavy atom. The number of carbonyl (C=O) groups is 3. The highest BCUT2D eigenvalue weighted by molar-refractivity contribution is 5.99. The highest BCUT2D eigenvalue weighted by atomic mass is 19.1. The molecule has 1 fully saturated rings. The smallest absolute Gasteiger partial charge is 0.347 e. The summed E-state index contributed by atoms with van der Waals surface area (Å²) in [6, 6.07) is 11.9. The van der Waals surface area contributed by atoms with Crippen LogP contribution in [0.5, 0.6) is 5.75 Å². The van der Waals surface area contributed by atoms with E-state index in [1.807, 2.05) is 0 Å². The molecule has 0 N–H and O–H groups in total. The van der Waals surface area contributed by atoms with Crippen molar-refractivity contribution >= 4 is 23.3 Å². The topological polar surface area (TPSA) is 72.9 Å². The number of amides is 1. The van der Waals surface area contributed by atoms with Crippen molar-refractivity contribution in [2.24, 2.45) is 0 Å². The van der Waals surface area contributed by atoms with Gasteiger partial charge in [0.25, 0.3) is 0 Å². The minimum atomic E-state index is -0.943. The molecule has 0 spiro atoms. The molecular formula is C21H20FNO5. The SMILES string of the molecule is C[C@@H](Oc1ccc(F)cc1)C(=O)OCC(=O)c1ccc(N2CCCC2=O)cc1. The average Bonchev–Trinajstić information content (AvgIpc) is 3.13. The largest absolute Gasteiger partial charge is 0.479 e. The Labute approximate surface area is 161 Å². The average molecular weight is 385 g/mol. The summed E-state index contributed by atoms with van der Waals surface area (Å²) < 4.78 is 23.3. The molecule has 0 bridgehead atoms. The van der Waals surface area contributed by atoms with Crippen LogP contribution in [0.15, 0.2) is 48.5 Å². The number of hydrogen-bond donors (Lipinski definition) is 0. The maximum atomic E-state index is 12.9. The molecule has 1 amide bonds. The highest BCUT2D eigenvalue weighted by Crippen LogP contribution is 2.21. The third-order valence-electron chi connectivity index (χ3n) is 4.38. The van der Waals surface area contributed by atoms with Crippen LogP contribution < -0.4 is 9.64 Å². The second-order valence-electron chi connectivity index (χ2n) is 6.44. The van der Waals surface area contributed by atoms with Crippen LogP contribution >= 0.6 is 0 Å². The van der Waals surface area contributed by atoms with Crippen molar-refractivity contribution in [3.05, 3.63) is 59.9 Å². The molecule has 1 heterocycles. The van der Waals surface area contributed by atoms with Gasteiger partial charge in [0, 0.05) is 24.2 Å². The molecule has 0 aromatic heterocycles. The van der Waals surface area contributed by atoms with E-state index in [0.29, 0.717) is 24.3 Å². The monoisotopic (exact) mass is 385 g/mol. The standard InChI is InChI=1S/C21H20FNO5/c1-14(28-18-10-6-16(22)7-11-18)21(26)27-13-19(24)15-4-8-17(9-5-15)23-12-2-3-20(23)25/h4-11,14H,2-3,12-13H2,1H3/t14-/m1/s1. The van der Waals surface area contributed by atoms with Crippen LogP contribution in [-0.4, -0.2) is 36.9 Å². The first-order chi connectivity index (χ1) is 13.4. The van der Waals surface area contributed by atoms with E-state index >= 15 is 0 Å². The second-order valence-corrected chi connectivity index (χ2v) is 6.44. The maximum Gasteiger partial charge on any atom is 0.347 e. The predicted octanol–water partition coefficient (Wildman–Crippen LogP) is 3.15. The molecule has 3 rings (SSSR count). The Hall–Kier alpha value is -3.22. The molecule has 2 aromatic carbocycles. The van der Waals surface area contributed by atoms with Gasteiger partial charge >= 0.3 is 5.97 Å². The van der Waals surface area contributed by atoms with Gasteiger partial charge < -0.3 is 14.4 Å². The third-order valence-corrected chi connectivity index (χ3v) is 4.38. The number of anilines is 1. The van der Waals surface area contributed by atoms with Gasteiger partial charge in [-0.05, 0) is 61.9 Å². The number of benzene rings is 2. The Morgan fingerprint density at radius 1 is 1.11 bits per heavy atom. The quantitative estimate of drug-likeness (QED) is 0.541. The van der Waals surface area contributed by atoms with Gasteiger partial charge in [0.2, 0.25) is 5.91 Å². The lowest BCUT2D eigenvalue weighted by Crippen LogP contribution is -2.28. The second kappa shape index (κ2) is 8.65. The Bertz CT molecular complexity index is 863. The van der Waals surface area contributed by atoms with Gasteiger partial charge in [-0.25, -0.2) is 9.18 Å². The highest BCUT2D eigenvalue weighted by Gasteiger charge is 2.22. The number of nitrogens with zero attached hydrogens (tertiary/aromatic N) is 1. The van der Waals surface area contributed by atoms with E-state index < -0.39 is 24.5 Å². The van der Waals surface area contributed by atoms with Crippen molar-refractivity contribution in [2.75, 3.05) is 18.1 Å². The van der Waals surface area contributed by atoms with E-state index in [1.54, 1.807) is 29.2 Å². The van der Waals surface area contributed by atoms with Gasteiger partial charge in [-0.1, -0.05) is 0 Å². The lowest BCUT2D eigenvalue weighted by Gasteiger charge is -2.16. The van der Waals surface area contributed by atoms with Crippen LogP contribution in [0.3, 0.4) is 0 Å². The summed E-state index contributed by atoms with van der Waals surface area (Å²) in [7, 11) is 0. The van der Waals surface area contributed by atoms with E-state index in [1.165, 1.54) is 31.2 Å². The molecule has 1 aliphatic heterocycles. The van der Waals surface area contributed by atoms with Crippen molar-refractivity contribution in [3.8, 4) is 5.75 Å². The lowest BCUT2D eigenvalue weighted by atomic mass is 10.1. The molecule has 0 radical (unpaired) electrons. The molecule has 146 valence electrons. The summed E-state index contributed by atoms with van der Waals surface area (Å²) in [5.74, 6) is -1.07. The van der Waals surface area contributed by atoms with Crippen molar-refractivity contribution in [1.82, 2.24) is 0 Å². The molecule has 1 atom stereocenters. The van der Waals surface area contributed by atoms with Crippen molar-refractivity contribution in [1.29, 1.82) is 0 Å². The summed E-state index contributed by atoms with van der Waals surface area (Å²) in [4.78, 5) is 37.7. The van der Waals surface area contributed by atoms with Crippen molar-refractivity contribution < 1.29 is 28.2 Å². The number of hydrogen-bond acceptors (Lipinski definition) is 5. The molecule has 6 nitrogen and oxygen atoms in total. The van der Waals surface area contributed by atoms with Crippen LogP contribution in [0.1, 0.15) is 30.1 Å². The first-order valence-corrected chi connectivity index (χ1v) is 8.96. The van der Waals surface area contributed by atoms with Crippen LogP contribution in [-0.2, 0) is 14.3 Å². The minimum absolute atomic E-state index is 0.0724. The maximum absolute atomic E-state index is 12.9. The van der Waals surface area contributed by atoms with Crippen LogP contribution in [0.4, 0.5) is 10.1 Å². The number of esters is 1. The molecule has 0 unspecified atom stereocenters. The Morgan fingerprint density at radius 2 is 1.79 bits per heavy atom. The van der Waals surface area contributed by atoms with Gasteiger partial charge in [-0.15, -0.1) is 0 Å². The Kier molecular flexibility index (Phi) is 6.03. The summed E-state index contributed by atoms with van der Waals surface area (Å²) >= 11 is 0. The number of Topliss-reactive ketones (excluding diaryl/α,β-unsaturated/α-hetero) is 1. The number of ketones is 1. The van der Waals surface area contributed by atoms with Gasteiger partial charge in [-0.2, -0.15) is 0 Å². The fraction of sp³-hybridized carbons (Fsp3) is 0.286. The fourth-order valence-corrected chi connectivity index (χ4v) is 2.85. The molecule has 1 saturated heterocycles. The van der Waals surface area contributed by atoms with E-state index in [9.17, 15) is 18.8 Å². The van der Waals surface area contributed by atoms with Crippen LogP contribution in [0, 0.1) is 5.82 Å². The molecular weight excluding hydrogens is 365 g/mol. The zero-order valence-electron chi connectivity index (χ0n) is 15.4. The van der Waals surface area contributed by atoms with Crippen molar-refractivity contribution in [3.63, 3.8) is 0 Å². The van der Waals surface area contributed by atoms with E-state index in [4.69, 9.17) is 9.47 Å². The molecule has 0 aliphatic carbocycles. The molecule has 1 aliphatic rings. The van der Waals surface area contributed by atoms with Gasteiger partial charge in [0.15, 0.2) is 18.5 Å². The first kappa shape index (κ1) is 19.5. The number of halogens is 1. The van der Waals surface area contributed by atoms with E-state index in [2.05, 4.69) is 0 Å². The predicted molar refractivity (Wildman–Crippen MR) is 99.8 cm³/mol. The summed E-state index contributed by atoms with van der Waals surface area (Å²) in [5, 5.41) is 0. The zero-order chi connectivity index (χ0) is 20.1. The Balaban J connectivity index is 1.50. The zero-order valence-corrected chi connectivity index (χ0v) is 15.4. The molecule has 7 heteroatoms. The number of rotatable bonds is 7. The summed E-state index contributed by atoms with van der Waals surface area (Å²) in [6.07, 6.45) is 0.421. The van der Waals surface area contributed by atoms with Crippen LogP contribution in [0.2, 0.25) is 0 Å². The minimum Gasteiger partial charge on any atom is -0.479 e. The normalized spacial score (nSPS) is 14.6. The van der Waals surface area contributed by atoms with Crippen LogP contribution in [0.25, 0.3) is 0 Å². The van der Waals surface area contributed by atoms with Gasteiger partial charge in [0.05, 0.1) is 0 Å². The third kappa shape index (κ3) is 4.73. The molecule has 0 saturated carbocycles.